The Balaban J connectivity index is 2.10. The number of hydrogen-bond donors (Lipinski definition) is 1. The fourth-order valence-electron chi connectivity index (χ4n) is 3.00. The predicted molar refractivity (Wildman–Crippen MR) is 107 cm³/mol. The molecular formula is C22H28N2O3. The number of likely N-dealkylation sites (N-methyl/N-ethyl adjacent to an activating group) is 1. The van der Waals surface area contributed by atoms with Gasteiger partial charge in [0, 0.05) is 13.6 Å². The van der Waals surface area contributed by atoms with Gasteiger partial charge in [-0.2, -0.15) is 0 Å². The first-order valence-corrected chi connectivity index (χ1v) is 9.30. The van der Waals surface area contributed by atoms with Gasteiger partial charge in [-0.1, -0.05) is 55.5 Å². The molecule has 2 aromatic carbocycles. The Morgan fingerprint density at radius 1 is 1.07 bits per heavy atom. The molecule has 144 valence electrons. The first kappa shape index (κ1) is 20.5. The van der Waals surface area contributed by atoms with Crippen LogP contribution in [0.3, 0.4) is 0 Å². The summed E-state index contributed by atoms with van der Waals surface area (Å²) in [5.41, 5.74) is 2.10. The number of hydrogen-bond acceptors (Lipinski definition) is 3. The van der Waals surface area contributed by atoms with Gasteiger partial charge >= 0.3 is 0 Å². The van der Waals surface area contributed by atoms with Gasteiger partial charge in [0.25, 0.3) is 5.91 Å². The van der Waals surface area contributed by atoms with E-state index in [9.17, 15) is 9.59 Å². The van der Waals surface area contributed by atoms with Crippen LogP contribution < -0.4 is 10.1 Å². The lowest BCUT2D eigenvalue weighted by Gasteiger charge is -2.30. The Kier molecular flexibility index (Phi) is 7.86. The van der Waals surface area contributed by atoms with E-state index in [1.807, 2.05) is 68.4 Å². The van der Waals surface area contributed by atoms with Gasteiger partial charge in [0.2, 0.25) is 5.91 Å². The third-order valence-corrected chi connectivity index (χ3v) is 4.56. The molecule has 0 saturated carbocycles. The minimum absolute atomic E-state index is 0.0901. The zero-order chi connectivity index (χ0) is 19.6. The molecule has 27 heavy (non-hydrogen) atoms. The fraction of sp³-hybridized carbons (Fsp3) is 0.364. The summed E-state index contributed by atoms with van der Waals surface area (Å²) in [5, 5.41) is 2.66. The van der Waals surface area contributed by atoms with Crippen LogP contribution in [-0.2, 0) is 16.0 Å². The van der Waals surface area contributed by atoms with Crippen LogP contribution in [0.1, 0.15) is 24.5 Å². The number of rotatable bonds is 9. The molecule has 0 radical (unpaired) electrons. The van der Waals surface area contributed by atoms with Crippen LogP contribution in [0, 0.1) is 6.92 Å². The van der Waals surface area contributed by atoms with E-state index >= 15 is 0 Å². The van der Waals surface area contributed by atoms with Crippen molar-refractivity contribution in [3.8, 4) is 5.75 Å². The van der Waals surface area contributed by atoms with Crippen molar-refractivity contribution in [1.29, 1.82) is 0 Å². The van der Waals surface area contributed by atoms with Gasteiger partial charge in [-0.25, -0.2) is 0 Å². The van der Waals surface area contributed by atoms with Crippen LogP contribution in [0.25, 0.3) is 0 Å². The van der Waals surface area contributed by atoms with Gasteiger partial charge in [0.15, 0.2) is 6.61 Å². The summed E-state index contributed by atoms with van der Waals surface area (Å²) in [5.74, 6) is 0.335. The number of ether oxygens (including phenoxy) is 1. The van der Waals surface area contributed by atoms with Crippen LogP contribution >= 0.6 is 0 Å². The largest absolute Gasteiger partial charge is 0.484 e. The molecule has 0 fully saturated rings. The van der Waals surface area contributed by atoms with Crippen LogP contribution in [0.4, 0.5) is 0 Å². The standard InChI is InChI=1S/C22H28N2O3/c1-4-19(22(26)23-3)24(15-14-18-11-6-5-7-12-18)21(25)16-27-20-13-9-8-10-17(20)2/h5-13,19H,4,14-16H2,1-3H3,(H,23,26)/t19-/m0/s1. The second-order valence-electron chi connectivity index (χ2n) is 6.42. The maximum atomic E-state index is 12.9. The van der Waals surface area contributed by atoms with Crippen molar-refractivity contribution in [1.82, 2.24) is 10.2 Å². The van der Waals surface area contributed by atoms with Crippen molar-refractivity contribution < 1.29 is 14.3 Å². The van der Waals surface area contributed by atoms with Crippen LogP contribution in [0.15, 0.2) is 54.6 Å². The van der Waals surface area contributed by atoms with Gasteiger partial charge in [0.1, 0.15) is 11.8 Å². The lowest BCUT2D eigenvalue weighted by atomic mass is 10.1. The molecule has 2 rings (SSSR count). The van der Waals surface area contributed by atoms with E-state index in [1.54, 1.807) is 11.9 Å². The first-order chi connectivity index (χ1) is 13.1. The number of nitrogens with one attached hydrogen (secondary N) is 1. The molecule has 5 heteroatoms. The normalized spacial score (nSPS) is 11.5. The topological polar surface area (TPSA) is 58.6 Å². The second-order valence-corrected chi connectivity index (χ2v) is 6.42. The molecule has 0 aromatic heterocycles. The smallest absolute Gasteiger partial charge is 0.261 e. The highest BCUT2D eigenvalue weighted by atomic mass is 16.5. The van der Waals surface area contributed by atoms with Crippen molar-refractivity contribution in [3.05, 3.63) is 65.7 Å². The fourth-order valence-corrected chi connectivity index (χ4v) is 3.00. The van der Waals surface area contributed by atoms with Gasteiger partial charge < -0.3 is 15.0 Å². The maximum Gasteiger partial charge on any atom is 0.261 e. The Morgan fingerprint density at radius 2 is 1.74 bits per heavy atom. The molecular weight excluding hydrogens is 340 g/mol. The lowest BCUT2D eigenvalue weighted by Crippen LogP contribution is -2.50. The maximum absolute atomic E-state index is 12.9. The summed E-state index contributed by atoms with van der Waals surface area (Å²) in [6.45, 7) is 4.22. The third kappa shape index (κ3) is 5.84. The van der Waals surface area contributed by atoms with Gasteiger partial charge in [-0.15, -0.1) is 0 Å². The van der Waals surface area contributed by atoms with E-state index < -0.39 is 6.04 Å². The molecule has 0 aliphatic rings. The number of carbonyl (C=O) groups excluding carboxylic acids is 2. The summed E-state index contributed by atoms with van der Waals surface area (Å²) in [7, 11) is 1.59. The van der Waals surface area contributed by atoms with E-state index in [4.69, 9.17) is 4.74 Å². The molecule has 1 N–H and O–H groups in total. The zero-order valence-corrected chi connectivity index (χ0v) is 16.3. The Labute approximate surface area is 161 Å². The molecule has 0 aliphatic heterocycles. The van der Waals surface area contributed by atoms with Crippen molar-refractivity contribution in [2.24, 2.45) is 0 Å². The SMILES string of the molecule is CC[C@@H](C(=O)NC)N(CCc1ccccc1)C(=O)COc1ccccc1C. The molecule has 0 spiro atoms. The molecule has 0 aliphatic carbocycles. The van der Waals surface area contributed by atoms with Gasteiger partial charge in [-0.05, 0) is 37.0 Å². The third-order valence-electron chi connectivity index (χ3n) is 4.56. The van der Waals surface area contributed by atoms with Gasteiger partial charge in [-0.3, -0.25) is 9.59 Å². The van der Waals surface area contributed by atoms with Crippen molar-refractivity contribution in [2.75, 3.05) is 20.2 Å². The number of carbonyl (C=O) groups is 2. The Bertz CT molecular complexity index is 746. The average Bonchev–Trinajstić information content (AvgIpc) is 2.70. The Hall–Kier alpha value is -2.82. The second kappa shape index (κ2) is 10.4. The summed E-state index contributed by atoms with van der Waals surface area (Å²) >= 11 is 0. The highest BCUT2D eigenvalue weighted by molar-refractivity contribution is 5.88. The number of nitrogens with zero attached hydrogens (tertiary/aromatic N) is 1. The number of aryl methyl sites for hydroxylation is 1. The number of amides is 2. The van der Waals surface area contributed by atoms with Crippen LogP contribution in [0.2, 0.25) is 0 Å². The molecule has 0 saturated heterocycles. The van der Waals surface area contributed by atoms with E-state index in [0.717, 1.165) is 11.1 Å². The van der Waals surface area contributed by atoms with Crippen molar-refractivity contribution in [2.45, 2.75) is 32.7 Å². The van der Waals surface area contributed by atoms with Crippen LogP contribution in [-0.4, -0.2) is 43.0 Å². The summed E-state index contributed by atoms with van der Waals surface area (Å²) in [4.78, 5) is 26.8. The monoisotopic (exact) mass is 368 g/mol. The van der Waals surface area contributed by atoms with Crippen LogP contribution in [0.5, 0.6) is 5.75 Å². The van der Waals surface area contributed by atoms with Crippen molar-refractivity contribution in [3.63, 3.8) is 0 Å². The average molecular weight is 368 g/mol. The summed E-state index contributed by atoms with van der Waals surface area (Å²) < 4.78 is 5.72. The molecule has 2 amide bonds. The lowest BCUT2D eigenvalue weighted by molar-refractivity contribution is -0.142. The summed E-state index contributed by atoms with van der Waals surface area (Å²) in [6.07, 6.45) is 1.23. The van der Waals surface area contributed by atoms with Crippen molar-refractivity contribution >= 4 is 11.8 Å². The predicted octanol–water partition coefficient (Wildman–Crippen LogP) is 2.97. The molecule has 1 atom stereocenters. The van der Waals surface area contributed by atoms with E-state index in [1.165, 1.54) is 0 Å². The Morgan fingerprint density at radius 3 is 2.37 bits per heavy atom. The summed E-state index contributed by atoms with van der Waals surface area (Å²) in [6, 6.07) is 17.0. The highest BCUT2D eigenvalue weighted by Crippen LogP contribution is 2.17. The quantitative estimate of drug-likeness (QED) is 0.740. The molecule has 0 unspecified atom stereocenters. The first-order valence-electron chi connectivity index (χ1n) is 9.30. The molecule has 5 nitrogen and oxygen atoms in total. The van der Waals surface area contributed by atoms with E-state index in [2.05, 4.69) is 5.32 Å². The molecule has 0 bridgehead atoms. The highest BCUT2D eigenvalue weighted by Gasteiger charge is 2.27. The minimum Gasteiger partial charge on any atom is -0.484 e. The number of para-hydroxylation sites is 1. The minimum atomic E-state index is -0.508. The van der Waals surface area contributed by atoms with E-state index in [-0.39, 0.29) is 18.4 Å². The van der Waals surface area contributed by atoms with E-state index in [0.29, 0.717) is 25.1 Å². The molecule has 2 aromatic rings. The molecule has 0 heterocycles. The number of benzene rings is 2. The zero-order valence-electron chi connectivity index (χ0n) is 16.3. The van der Waals surface area contributed by atoms with Gasteiger partial charge in [0.05, 0.1) is 0 Å².